The van der Waals surface area contributed by atoms with Crippen molar-refractivity contribution in [3.05, 3.63) is 11.6 Å². The molecule has 19 heavy (non-hydrogen) atoms. The number of aliphatic hydroxyl groups is 2. The number of aromatic nitrogens is 4. The minimum absolute atomic E-state index is 0.00190. The highest BCUT2D eigenvalue weighted by molar-refractivity contribution is 6.28. The lowest BCUT2D eigenvalue weighted by Gasteiger charge is -2.16. The molecule has 1 saturated heterocycles. The lowest BCUT2D eigenvalue weighted by atomic mass is 10.2. The molecule has 102 valence electrons. The number of hydrogen-bond donors (Lipinski definition) is 3. The Morgan fingerprint density at radius 2 is 2.32 bits per heavy atom. The van der Waals surface area contributed by atoms with Gasteiger partial charge >= 0.3 is 0 Å². The van der Waals surface area contributed by atoms with Crippen molar-refractivity contribution in [2.45, 2.75) is 24.9 Å². The monoisotopic (exact) mass is 285 g/mol. The molecule has 1 unspecified atom stereocenters. The van der Waals surface area contributed by atoms with E-state index in [1.165, 1.54) is 6.33 Å². The standard InChI is InChI=1S/C10H12ClN5O3/c11-10-14-7(12)6-8(15-10)16(3-13-6)9-5(18)1-4(2-17)19-9/h3-5,9,17-18H,1-2H2,(H2,12,14,15)/t4-,5+,9?/m0/s1. The van der Waals surface area contributed by atoms with E-state index in [9.17, 15) is 5.11 Å². The van der Waals surface area contributed by atoms with Crippen molar-refractivity contribution in [2.75, 3.05) is 12.3 Å². The fourth-order valence-electron chi connectivity index (χ4n) is 2.19. The van der Waals surface area contributed by atoms with Gasteiger partial charge in [0.15, 0.2) is 17.7 Å². The van der Waals surface area contributed by atoms with Crippen LogP contribution in [0.25, 0.3) is 11.2 Å². The van der Waals surface area contributed by atoms with Gasteiger partial charge in [0, 0.05) is 6.42 Å². The van der Waals surface area contributed by atoms with Gasteiger partial charge in [-0.15, -0.1) is 0 Å². The van der Waals surface area contributed by atoms with Crippen LogP contribution in [0.4, 0.5) is 5.82 Å². The molecular weight excluding hydrogens is 274 g/mol. The highest BCUT2D eigenvalue weighted by Crippen LogP contribution is 2.31. The second-order valence-electron chi connectivity index (χ2n) is 4.34. The maximum absolute atomic E-state index is 9.97. The molecule has 0 radical (unpaired) electrons. The van der Waals surface area contributed by atoms with Crippen molar-refractivity contribution in [3.63, 3.8) is 0 Å². The molecule has 0 bridgehead atoms. The number of halogens is 1. The first kappa shape index (κ1) is 12.5. The smallest absolute Gasteiger partial charge is 0.226 e. The first-order valence-corrected chi connectivity index (χ1v) is 6.08. The Bertz CT molecular complexity index is 618. The van der Waals surface area contributed by atoms with Crippen molar-refractivity contribution in [1.29, 1.82) is 0 Å². The van der Waals surface area contributed by atoms with E-state index >= 15 is 0 Å². The minimum Gasteiger partial charge on any atom is -0.394 e. The Labute approximate surface area is 112 Å². The maximum atomic E-state index is 9.97. The molecule has 8 nitrogen and oxygen atoms in total. The van der Waals surface area contributed by atoms with E-state index in [0.29, 0.717) is 17.6 Å². The van der Waals surface area contributed by atoms with Gasteiger partial charge in [-0.1, -0.05) is 0 Å². The van der Waals surface area contributed by atoms with Crippen LogP contribution in [0.3, 0.4) is 0 Å². The molecule has 3 rings (SSSR count). The quantitative estimate of drug-likeness (QED) is 0.648. The van der Waals surface area contributed by atoms with E-state index in [1.54, 1.807) is 4.57 Å². The van der Waals surface area contributed by atoms with Crippen molar-refractivity contribution in [2.24, 2.45) is 0 Å². The number of rotatable bonds is 2. The third-order valence-electron chi connectivity index (χ3n) is 3.06. The number of nitrogens with zero attached hydrogens (tertiary/aromatic N) is 4. The highest BCUT2D eigenvalue weighted by atomic mass is 35.5. The Hall–Kier alpha value is -1.48. The fraction of sp³-hybridized carbons (Fsp3) is 0.500. The number of aliphatic hydroxyl groups excluding tert-OH is 2. The summed E-state index contributed by atoms with van der Waals surface area (Å²) in [6.07, 6.45) is -0.0430. The topological polar surface area (TPSA) is 119 Å². The van der Waals surface area contributed by atoms with Crippen LogP contribution in [-0.4, -0.2) is 48.5 Å². The van der Waals surface area contributed by atoms with Gasteiger partial charge in [0.25, 0.3) is 0 Å². The van der Waals surface area contributed by atoms with E-state index in [2.05, 4.69) is 15.0 Å². The lowest BCUT2D eigenvalue weighted by molar-refractivity contribution is -0.0486. The summed E-state index contributed by atoms with van der Waals surface area (Å²) in [5.74, 6) is 0.167. The first-order valence-electron chi connectivity index (χ1n) is 5.70. The van der Waals surface area contributed by atoms with Gasteiger partial charge in [0.2, 0.25) is 5.28 Å². The third-order valence-corrected chi connectivity index (χ3v) is 3.23. The van der Waals surface area contributed by atoms with Crippen LogP contribution in [0, 0.1) is 0 Å². The van der Waals surface area contributed by atoms with Crippen LogP contribution in [0.5, 0.6) is 0 Å². The zero-order chi connectivity index (χ0) is 13.6. The molecule has 2 aromatic heterocycles. The van der Waals surface area contributed by atoms with Crippen LogP contribution >= 0.6 is 11.6 Å². The first-order chi connectivity index (χ1) is 9.10. The summed E-state index contributed by atoms with van der Waals surface area (Å²) in [5, 5.41) is 19.0. The van der Waals surface area contributed by atoms with E-state index in [-0.39, 0.29) is 17.7 Å². The summed E-state index contributed by atoms with van der Waals surface area (Å²) in [6.45, 7) is -0.155. The van der Waals surface area contributed by atoms with Crippen LogP contribution in [0.2, 0.25) is 5.28 Å². The highest BCUT2D eigenvalue weighted by Gasteiger charge is 2.36. The molecule has 3 heterocycles. The normalized spacial score (nSPS) is 27.2. The van der Waals surface area contributed by atoms with Crippen molar-refractivity contribution in [1.82, 2.24) is 19.5 Å². The predicted molar refractivity (Wildman–Crippen MR) is 66.4 cm³/mol. The van der Waals surface area contributed by atoms with Gasteiger partial charge < -0.3 is 20.7 Å². The zero-order valence-electron chi connectivity index (χ0n) is 9.77. The number of anilines is 1. The van der Waals surface area contributed by atoms with Gasteiger partial charge in [-0.25, -0.2) is 4.98 Å². The number of imidazole rings is 1. The molecule has 0 saturated carbocycles. The molecule has 9 heteroatoms. The Balaban J connectivity index is 2.06. The van der Waals surface area contributed by atoms with Crippen molar-refractivity contribution in [3.8, 4) is 0 Å². The Morgan fingerprint density at radius 3 is 3.00 bits per heavy atom. The van der Waals surface area contributed by atoms with Crippen LogP contribution in [0.1, 0.15) is 12.6 Å². The van der Waals surface area contributed by atoms with Crippen molar-refractivity contribution < 1.29 is 14.9 Å². The fourth-order valence-corrected chi connectivity index (χ4v) is 2.37. The van der Waals surface area contributed by atoms with Gasteiger partial charge in [-0.2, -0.15) is 9.97 Å². The summed E-state index contributed by atoms with van der Waals surface area (Å²) >= 11 is 5.77. The lowest BCUT2D eigenvalue weighted by Crippen LogP contribution is -2.19. The Kier molecular flexibility index (Phi) is 3.02. The number of fused-ring (bicyclic) bond motifs is 1. The summed E-state index contributed by atoms with van der Waals surface area (Å²) in [5.41, 5.74) is 6.49. The van der Waals surface area contributed by atoms with Gasteiger partial charge in [-0.05, 0) is 11.6 Å². The molecule has 0 aromatic carbocycles. The molecular formula is C10H12ClN5O3. The van der Waals surface area contributed by atoms with Crippen LogP contribution in [0.15, 0.2) is 6.33 Å². The SMILES string of the molecule is Nc1nc(Cl)nc2c1ncn2C1O[C@H](CO)C[C@H]1O. The molecule has 1 aliphatic rings. The molecule has 2 aromatic rings. The number of ether oxygens (including phenoxy) is 1. The zero-order valence-corrected chi connectivity index (χ0v) is 10.5. The second kappa shape index (κ2) is 4.57. The van der Waals surface area contributed by atoms with E-state index < -0.39 is 18.4 Å². The third kappa shape index (κ3) is 2.02. The maximum Gasteiger partial charge on any atom is 0.226 e. The molecule has 1 fully saturated rings. The average Bonchev–Trinajstić information content (AvgIpc) is 2.92. The van der Waals surface area contributed by atoms with Gasteiger partial charge in [0.05, 0.1) is 19.0 Å². The second-order valence-corrected chi connectivity index (χ2v) is 4.67. The number of hydrogen-bond acceptors (Lipinski definition) is 7. The van der Waals surface area contributed by atoms with Gasteiger partial charge in [0.1, 0.15) is 11.6 Å². The van der Waals surface area contributed by atoms with E-state index in [0.717, 1.165) is 0 Å². The van der Waals surface area contributed by atoms with Crippen LogP contribution in [-0.2, 0) is 4.74 Å². The largest absolute Gasteiger partial charge is 0.394 e. The predicted octanol–water partition coefficient (Wildman–Crippen LogP) is -0.297. The minimum atomic E-state index is -0.760. The molecule has 0 amide bonds. The van der Waals surface area contributed by atoms with Crippen molar-refractivity contribution >= 4 is 28.6 Å². The molecule has 4 N–H and O–H groups in total. The number of nitrogen functional groups attached to an aromatic ring is 1. The molecule has 1 aliphatic heterocycles. The summed E-state index contributed by atoms with van der Waals surface area (Å²) < 4.78 is 7.07. The van der Waals surface area contributed by atoms with Crippen LogP contribution < -0.4 is 5.73 Å². The Morgan fingerprint density at radius 1 is 1.53 bits per heavy atom. The molecule has 3 atom stereocenters. The average molecular weight is 286 g/mol. The molecule has 0 aliphatic carbocycles. The summed E-state index contributed by atoms with van der Waals surface area (Å²) in [4.78, 5) is 11.9. The molecule has 0 spiro atoms. The summed E-state index contributed by atoms with van der Waals surface area (Å²) in [7, 11) is 0. The van der Waals surface area contributed by atoms with E-state index in [1.807, 2.05) is 0 Å². The van der Waals surface area contributed by atoms with E-state index in [4.69, 9.17) is 27.2 Å². The number of nitrogens with two attached hydrogens (primary N) is 1. The van der Waals surface area contributed by atoms with Gasteiger partial charge in [-0.3, -0.25) is 4.57 Å². The summed E-state index contributed by atoms with van der Waals surface area (Å²) in [6, 6.07) is 0.